The molecular formula is C12H13BrN2S. The maximum Gasteiger partial charge on any atom is 0.0795 e. The second-order valence-corrected chi connectivity index (χ2v) is 5.51. The maximum atomic E-state index is 4.09. The number of benzene rings is 1. The Kier molecular flexibility index (Phi) is 3.61. The lowest BCUT2D eigenvalue weighted by Gasteiger charge is -2.14. The fourth-order valence-corrected chi connectivity index (χ4v) is 2.37. The van der Waals surface area contributed by atoms with E-state index in [-0.39, 0.29) is 0 Å². The molecule has 1 atom stereocenters. The van der Waals surface area contributed by atoms with Crippen LogP contribution in [-0.2, 0) is 0 Å². The lowest BCUT2D eigenvalue weighted by atomic mass is 10.2. The van der Waals surface area contributed by atoms with Gasteiger partial charge in [0.15, 0.2) is 0 Å². The van der Waals surface area contributed by atoms with Gasteiger partial charge in [0.2, 0.25) is 0 Å². The Morgan fingerprint density at radius 2 is 2.25 bits per heavy atom. The summed E-state index contributed by atoms with van der Waals surface area (Å²) in [6.45, 7) is 4.23. The summed E-state index contributed by atoms with van der Waals surface area (Å²) >= 11 is 5.17. The first-order valence-electron chi connectivity index (χ1n) is 5.08. The zero-order valence-electron chi connectivity index (χ0n) is 9.20. The van der Waals surface area contributed by atoms with Crippen LogP contribution in [0.3, 0.4) is 0 Å². The van der Waals surface area contributed by atoms with E-state index in [9.17, 15) is 0 Å². The quantitative estimate of drug-likeness (QED) is 0.909. The summed E-state index contributed by atoms with van der Waals surface area (Å²) in [7, 11) is 0. The van der Waals surface area contributed by atoms with Crippen molar-refractivity contribution in [3.05, 3.63) is 44.8 Å². The van der Waals surface area contributed by atoms with Gasteiger partial charge in [0, 0.05) is 21.2 Å². The van der Waals surface area contributed by atoms with Crippen LogP contribution in [-0.4, -0.2) is 4.98 Å². The molecule has 84 valence electrons. The average molecular weight is 297 g/mol. The van der Waals surface area contributed by atoms with Crippen LogP contribution < -0.4 is 5.32 Å². The van der Waals surface area contributed by atoms with E-state index in [1.54, 1.807) is 11.3 Å². The third-order valence-corrected chi connectivity index (χ3v) is 4.27. The smallest absolute Gasteiger partial charge is 0.0795 e. The first-order chi connectivity index (χ1) is 7.66. The van der Waals surface area contributed by atoms with E-state index in [2.05, 4.69) is 58.3 Å². The summed E-state index contributed by atoms with van der Waals surface area (Å²) in [5.74, 6) is 0. The number of rotatable bonds is 3. The van der Waals surface area contributed by atoms with Gasteiger partial charge in [0.1, 0.15) is 0 Å². The van der Waals surface area contributed by atoms with Crippen LogP contribution in [0, 0.1) is 6.92 Å². The minimum absolute atomic E-state index is 0.299. The topological polar surface area (TPSA) is 24.9 Å². The number of hydrogen-bond acceptors (Lipinski definition) is 3. The molecule has 2 aromatic rings. The highest BCUT2D eigenvalue weighted by atomic mass is 79.9. The number of anilines is 1. The van der Waals surface area contributed by atoms with E-state index in [1.807, 2.05) is 11.7 Å². The molecule has 1 aromatic heterocycles. The maximum absolute atomic E-state index is 4.09. The van der Waals surface area contributed by atoms with Crippen LogP contribution in [0.4, 0.5) is 5.69 Å². The molecule has 1 N–H and O–H groups in total. The largest absolute Gasteiger partial charge is 0.378 e. The van der Waals surface area contributed by atoms with Crippen molar-refractivity contribution in [2.45, 2.75) is 19.9 Å². The Morgan fingerprint density at radius 1 is 1.44 bits per heavy atom. The minimum atomic E-state index is 0.299. The molecule has 1 heterocycles. The zero-order chi connectivity index (χ0) is 11.5. The molecular weight excluding hydrogens is 284 g/mol. The summed E-state index contributed by atoms with van der Waals surface area (Å²) in [5.41, 5.74) is 4.24. The van der Waals surface area contributed by atoms with Crippen molar-refractivity contribution < 1.29 is 0 Å². The van der Waals surface area contributed by atoms with Crippen LogP contribution in [0.2, 0.25) is 0 Å². The van der Waals surface area contributed by atoms with Crippen molar-refractivity contribution in [1.82, 2.24) is 4.98 Å². The van der Waals surface area contributed by atoms with Gasteiger partial charge in [-0.2, -0.15) is 0 Å². The monoisotopic (exact) mass is 296 g/mol. The van der Waals surface area contributed by atoms with Gasteiger partial charge in [-0.1, -0.05) is 15.9 Å². The van der Waals surface area contributed by atoms with Crippen molar-refractivity contribution in [1.29, 1.82) is 0 Å². The van der Waals surface area contributed by atoms with E-state index >= 15 is 0 Å². The molecule has 0 saturated heterocycles. The van der Waals surface area contributed by atoms with Crippen molar-refractivity contribution in [2.24, 2.45) is 0 Å². The number of hydrogen-bond donors (Lipinski definition) is 1. The van der Waals surface area contributed by atoms with Crippen LogP contribution in [0.25, 0.3) is 0 Å². The number of nitrogens with one attached hydrogen (secondary N) is 1. The third-order valence-electron chi connectivity index (χ3n) is 2.42. The highest BCUT2D eigenvalue weighted by molar-refractivity contribution is 9.10. The number of aromatic nitrogens is 1. The van der Waals surface area contributed by atoms with Gasteiger partial charge in [0.25, 0.3) is 0 Å². The van der Waals surface area contributed by atoms with Gasteiger partial charge >= 0.3 is 0 Å². The second kappa shape index (κ2) is 4.97. The van der Waals surface area contributed by atoms with Crippen LogP contribution in [0.5, 0.6) is 0 Å². The van der Waals surface area contributed by atoms with Gasteiger partial charge in [0.05, 0.1) is 11.6 Å². The Balaban J connectivity index is 2.12. The van der Waals surface area contributed by atoms with Crippen molar-refractivity contribution >= 4 is 33.0 Å². The minimum Gasteiger partial charge on any atom is -0.378 e. The summed E-state index contributed by atoms with van der Waals surface area (Å²) < 4.78 is 1.14. The summed E-state index contributed by atoms with van der Waals surface area (Å²) in [6, 6.07) is 6.58. The number of aryl methyl sites for hydroxylation is 1. The second-order valence-electron chi connectivity index (χ2n) is 3.73. The highest BCUT2D eigenvalue weighted by Gasteiger charge is 2.07. The van der Waals surface area contributed by atoms with E-state index in [1.165, 1.54) is 10.4 Å². The molecule has 0 aliphatic heterocycles. The molecule has 4 heteroatoms. The molecule has 1 unspecified atom stereocenters. The number of nitrogens with zero attached hydrogens (tertiary/aromatic N) is 1. The lowest BCUT2D eigenvalue weighted by Crippen LogP contribution is -2.04. The zero-order valence-corrected chi connectivity index (χ0v) is 11.6. The Hall–Kier alpha value is -0.870. The van der Waals surface area contributed by atoms with E-state index in [4.69, 9.17) is 0 Å². The van der Waals surface area contributed by atoms with Crippen LogP contribution >= 0.6 is 27.3 Å². The molecule has 0 spiro atoms. The van der Waals surface area contributed by atoms with Gasteiger partial charge in [-0.05, 0) is 37.6 Å². The first kappa shape index (κ1) is 11.6. The molecule has 1 aromatic carbocycles. The number of halogens is 1. The Labute approximate surface area is 108 Å². The Morgan fingerprint density at radius 3 is 2.88 bits per heavy atom. The van der Waals surface area contributed by atoms with E-state index < -0.39 is 0 Å². The fraction of sp³-hybridized carbons (Fsp3) is 0.250. The molecule has 0 radical (unpaired) electrons. The van der Waals surface area contributed by atoms with Gasteiger partial charge < -0.3 is 5.32 Å². The van der Waals surface area contributed by atoms with E-state index in [0.717, 1.165) is 10.2 Å². The van der Waals surface area contributed by atoms with Crippen LogP contribution in [0.1, 0.15) is 23.4 Å². The predicted octanol–water partition coefficient (Wildman–Crippen LogP) is 4.39. The van der Waals surface area contributed by atoms with Crippen molar-refractivity contribution in [3.8, 4) is 0 Å². The van der Waals surface area contributed by atoms with E-state index in [0.29, 0.717) is 6.04 Å². The normalized spacial score (nSPS) is 12.4. The molecule has 0 saturated carbocycles. The van der Waals surface area contributed by atoms with Gasteiger partial charge in [-0.15, -0.1) is 11.3 Å². The molecule has 2 rings (SSSR count). The molecule has 16 heavy (non-hydrogen) atoms. The van der Waals surface area contributed by atoms with Crippen LogP contribution in [0.15, 0.2) is 34.4 Å². The van der Waals surface area contributed by atoms with Crippen molar-refractivity contribution in [2.75, 3.05) is 5.32 Å². The number of thiazole rings is 1. The molecule has 0 aliphatic rings. The highest BCUT2D eigenvalue weighted by Crippen LogP contribution is 2.25. The average Bonchev–Trinajstić information content (AvgIpc) is 2.77. The molecule has 0 bridgehead atoms. The first-order valence-corrected chi connectivity index (χ1v) is 6.75. The fourth-order valence-electron chi connectivity index (χ4n) is 1.50. The SMILES string of the molecule is Cc1cc(NC(C)c2cncs2)ccc1Br. The predicted molar refractivity (Wildman–Crippen MR) is 73.0 cm³/mol. The molecule has 0 amide bonds. The molecule has 0 fully saturated rings. The standard InChI is InChI=1S/C12H13BrN2S/c1-8-5-10(3-4-11(8)13)15-9(2)12-6-14-7-16-12/h3-7,9,15H,1-2H3. The summed E-state index contributed by atoms with van der Waals surface area (Å²) in [5, 5.41) is 3.46. The lowest BCUT2D eigenvalue weighted by molar-refractivity contribution is 0.903. The molecule has 2 nitrogen and oxygen atoms in total. The summed E-state index contributed by atoms with van der Waals surface area (Å²) in [4.78, 5) is 5.34. The Bertz CT molecular complexity index is 468. The molecule has 0 aliphatic carbocycles. The van der Waals surface area contributed by atoms with Crippen molar-refractivity contribution in [3.63, 3.8) is 0 Å². The summed E-state index contributed by atoms with van der Waals surface area (Å²) in [6.07, 6.45) is 1.91. The van der Waals surface area contributed by atoms with Gasteiger partial charge in [-0.3, -0.25) is 4.98 Å². The third kappa shape index (κ3) is 2.62. The van der Waals surface area contributed by atoms with Gasteiger partial charge in [-0.25, -0.2) is 0 Å².